The van der Waals surface area contributed by atoms with Crippen LogP contribution in [0.4, 0.5) is 5.69 Å². The molecule has 2 aromatic heterocycles. The molecular formula is C33H38ClN7O5. The van der Waals surface area contributed by atoms with E-state index in [4.69, 9.17) is 37.5 Å². The van der Waals surface area contributed by atoms with Gasteiger partial charge in [0.05, 0.1) is 35.9 Å². The molecule has 0 amide bonds. The molecule has 5 rings (SSSR count). The van der Waals surface area contributed by atoms with Gasteiger partial charge in [-0.2, -0.15) is 0 Å². The van der Waals surface area contributed by atoms with Gasteiger partial charge in [-0.1, -0.05) is 48.0 Å². The van der Waals surface area contributed by atoms with E-state index in [-0.39, 0.29) is 22.4 Å². The number of aliphatic hydroxyl groups excluding tert-OH is 1. The zero-order chi connectivity index (χ0) is 33.1. The van der Waals surface area contributed by atoms with Crippen LogP contribution in [0, 0.1) is 6.92 Å². The number of hydrogen-bond acceptors (Lipinski definition) is 10. The van der Waals surface area contributed by atoms with E-state index in [0.29, 0.717) is 42.0 Å². The lowest BCUT2D eigenvalue weighted by Crippen LogP contribution is -2.59. The first-order chi connectivity index (χ1) is 22.1. The first-order valence-electron chi connectivity index (χ1n) is 14.7. The summed E-state index contributed by atoms with van der Waals surface area (Å²) < 4.78 is 13.2. The average Bonchev–Trinajstić information content (AvgIpc) is 3.06. The molecule has 7 N–H and O–H groups in total. The molecule has 1 aliphatic heterocycles. The van der Waals surface area contributed by atoms with Crippen molar-refractivity contribution >= 4 is 29.3 Å². The highest BCUT2D eigenvalue weighted by Crippen LogP contribution is 2.39. The Labute approximate surface area is 270 Å². The van der Waals surface area contributed by atoms with Crippen LogP contribution in [0.15, 0.2) is 58.1 Å². The maximum Gasteiger partial charge on any atom is 0.330 e. The number of benzene rings is 2. The number of nitrogens with two attached hydrogens (primary N) is 2. The maximum atomic E-state index is 13.0. The Morgan fingerprint density at radius 3 is 2.57 bits per heavy atom. The minimum atomic E-state index is -0.569. The number of nitrogens with one attached hydrogen (secondary N) is 2. The molecule has 2 atom stereocenters. The van der Waals surface area contributed by atoms with E-state index >= 15 is 0 Å². The molecule has 242 valence electrons. The van der Waals surface area contributed by atoms with Gasteiger partial charge < -0.3 is 36.7 Å². The molecule has 1 aliphatic rings. The van der Waals surface area contributed by atoms with Gasteiger partial charge in [0.2, 0.25) is 5.88 Å². The second kappa shape index (κ2) is 13.8. The van der Waals surface area contributed by atoms with Crippen molar-refractivity contribution in [2.45, 2.75) is 32.0 Å². The zero-order valence-electron chi connectivity index (χ0n) is 26.1. The summed E-state index contributed by atoms with van der Waals surface area (Å²) in [6, 6.07) is 15.1. The molecule has 0 aliphatic carbocycles. The van der Waals surface area contributed by atoms with E-state index in [9.17, 15) is 14.7 Å². The third-order valence-electron chi connectivity index (χ3n) is 8.32. The molecule has 1 fully saturated rings. The number of pyridine rings is 1. The quantitative estimate of drug-likeness (QED) is 0.185. The molecule has 4 aromatic rings. The lowest BCUT2D eigenvalue weighted by molar-refractivity contribution is -0.0281. The number of rotatable bonds is 8. The van der Waals surface area contributed by atoms with Crippen LogP contribution in [0.2, 0.25) is 5.02 Å². The summed E-state index contributed by atoms with van der Waals surface area (Å²) in [5.41, 5.74) is 16.4. The Balaban J connectivity index is 1.49. The van der Waals surface area contributed by atoms with Crippen molar-refractivity contribution in [3.63, 3.8) is 0 Å². The highest BCUT2D eigenvalue weighted by Gasteiger charge is 2.24. The SMILES string of the molecule is COc1nc(-c2cccc(-c3cccc(N/C(N)=c4\c(=O)n(C)c(=O)n(C)\c4=C\N)c3C)c2Cl)ccc1CNC1CCOCC1O. The number of anilines is 1. The van der Waals surface area contributed by atoms with Crippen molar-refractivity contribution < 1.29 is 14.6 Å². The molecule has 2 unspecified atom stereocenters. The summed E-state index contributed by atoms with van der Waals surface area (Å²) in [6.07, 6.45) is 1.34. The Morgan fingerprint density at radius 1 is 1.13 bits per heavy atom. The third-order valence-corrected chi connectivity index (χ3v) is 8.73. The monoisotopic (exact) mass is 647 g/mol. The van der Waals surface area contributed by atoms with Crippen molar-refractivity contribution in [3.05, 3.63) is 96.1 Å². The minimum Gasteiger partial charge on any atom is -0.481 e. The van der Waals surface area contributed by atoms with Crippen molar-refractivity contribution in [1.82, 2.24) is 19.4 Å². The van der Waals surface area contributed by atoms with Crippen molar-refractivity contribution in [2.75, 3.05) is 25.6 Å². The molecule has 3 heterocycles. The van der Waals surface area contributed by atoms with Crippen LogP contribution in [-0.2, 0) is 25.4 Å². The largest absolute Gasteiger partial charge is 0.481 e. The van der Waals surface area contributed by atoms with Gasteiger partial charge in [0, 0.05) is 61.9 Å². The molecule has 0 bridgehead atoms. The summed E-state index contributed by atoms with van der Waals surface area (Å²) in [7, 11) is 4.47. The highest BCUT2D eigenvalue weighted by atomic mass is 35.5. The minimum absolute atomic E-state index is 0.0465. The summed E-state index contributed by atoms with van der Waals surface area (Å²) in [4.78, 5) is 30.2. The standard InChI is InChI=1S/C33H38ClN7O5/c1-18-20(7-6-10-23(18)38-30(36)28-26(15-35)40(2)33(44)41(3)32(28)43)21-8-5-9-22(29(21)34)24-12-11-19(31(39-24)45-4)16-37-25-13-14-46-17-27(25)42/h5-12,15,25,27,37-38,42H,13-14,16-17,35-36H2,1-4H3/b26-15+,30-28-. The van der Waals surface area contributed by atoms with E-state index < -0.39 is 17.4 Å². The normalized spacial score (nSPS) is 17.6. The van der Waals surface area contributed by atoms with Gasteiger partial charge in [0.15, 0.2) is 0 Å². The van der Waals surface area contributed by atoms with Gasteiger partial charge in [-0.15, -0.1) is 0 Å². The van der Waals surface area contributed by atoms with Crippen molar-refractivity contribution in [3.8, 4) is 28.3 Å². The smallest absolute Gasteiger partial charge is 0.330 e. The Kier molecular flexibility index (Phi) is 9.82. The molecule has 2 aromatic carbocycles. The first kappa shape index (κ1) is 32.8. The fraction of sp³-hybridized carbons (Fsp3) is 0.303. The fourth-order valence-corrected chi connectivity index (χ4v) is 5.97. The highest BCUT2D eigenvalue weighted by molar-refractivity contribution is 6.36. The number of hydrogen-bond donors (Lipinski definition) is 5. The van der Waals surface area contributed by atoms with Crippen LogP contribution in [0.1, 0.15) is 17.5 Å². The predicted molar refractivity (Wildman–Crippen MR) is 180 cm³/mol. The summed E-state index contributed by atoms with van der Waals surface area (Å²) in [5.74, 6) is 0.505. The zero-order valence-corrected chi connectivity index (χ0v) is 26.9. The van der Waals surface area contributed by atoms with E-state index in [1.54, 1.807) is 7.11 Å². The van der Waals surface area contributed by atoms with Gasteiger partial charge in [0.25, 0.3) is 5.56 Å². The number of aromatic nitrogens is 3. The molecule has 46 heavy (non-hydrogen) atoms. The molecular weight excluding hydrogens is 610 g/mol. The summed E-state index contributed by atoms with van der Waals surface area (Å²) in [5, 5.41) is 17.5. The number of methoxy groups -OCH3 is 1. The average molecular weight is 648 g/mol. The Hall–Kier alpha value is -4.62. The number of halogens is 1. The molecule has 13 heteroatoms. The van der Waals surface area contributed by atoms with Crippen molar-refractivity contribution in [2.24, 2.45) is 25.6 Å². The summed E-state index contributed by atoms with van der Waals surface area (Å²) in [6.45, 7) is 3.31. The fourth-order valence-electron chi connectivity index (χ4n) is 5.65. The third kappa shape index (κ3) is 6.24. The van der Waals surface area contributed by atoms with Gasteiger partial charge in [-0.25, -0.2) is 9.78 Å². The van der Waals surface area contributed by atoms with Gasteiger partial charge in [-0.3, -0.25) is 13.9 Å². The van der Waals surface area contributed by atoms with Crippen LogP contribution in [0.5, 0.6) is 5.88 Å². The van der Waals surface area contributed by atoms with Crippen LogP contribution in [0.3, 0.4) is 0 Å². The van der Waals surface area contributed by atoms with E-state index in [1.165, 1.54) is 24.9 Å². The first-order valence-corrected chi connectivity index (χ1v) is 15.1. The number of ether oxygens (including phenoxy) is 2. The van der Waals surface area contributed by atoms with Crippen LogP contribution >= 0.6 is 11.6 Å². The molecule has 1 saturated heterocycles. The number of aliphatic hydroxyl groups is 1. The maximum absolute atomic E-state index is 13.0. The summed E-state index contributed by atoms with van der Waals surface area (Å²) >= 11 is 7.05. The lowest BCUT2D eigenvalue weighted by Gasteiger charge is -2.28. The topological polar surface area (TPSA) is 172 Å². The molecule has 0 saturated carbocycles. The Bertz CT molecular complexity index is 2020. The van der Waals surface area contributed by atoms with Crippen LogP contribution < -0.4 is 48.7 Å². The Morgan fingerprint density at radius 2 is 1.85 bits per heavy atom. The van der Waals surface area contributed by atoms with Crippen LogP contribution in [0.25, 0.3) is 34.4 Å². The number of nitrogens with zero attached hydrogens (tertiary/aromatic N) is 3. The van der Waals surface area contributed by atoms with E-state index in [2.05, 4.69) is 10.6 Å². The van der Waals surface area contributed by atoms with Gasteiger partial charge >= 0.3 is 5.69 Å². The second-order valence-electron chi connectivity index (χ2n) is 11.1. The molecule has 0 radical (unpaired) electrons. The lowest BCUT2D eigenvalue weighted by atomic mass is 9.96. The van der Waals surface area contributed by atoms with Gasteiger partial charge in [0.1, 0.15) is 11.0 Å². The molecule has 0 spiro atoms. The second-order valence-corrected chi connectivity index (χ2v) is 11.5. The van der Waals surface area contributed by atoms with Crippen LogP contribution in [-0.4, -0.2) is 51.7 Å². The van der Waals surface area contributed by atoms with Crippen molar-refractivity contribution in [1.29, 1.82) is 0 Å². The predicted octanol–water partition coefficient (Wildman–Crippen LogP) is 0.856. The van der Waals surface area contributed by atoms with E-state index in [0.717, 1.165) is 38.8 Å². The molecule has 12 nitrogen and oxygen atoms in total. The van der Waals surface area contributed by atoms with E-state index in [1.807, 2.05) is 55.5 Å². The van der Waals surface area contributed by atoms with Gasteiger partial charge in [-0.05, 0) is 36.6 Å².